The molecule has 0 aliphatic carbocycles. The number of ketones is 1. The van der Waals surface area contributed by atoms with Crippen molar-refractivity contribution in [2.24, 2.45) is 0 Å². The summed E-state index contributed by atoms with van der Waals surface area (Å²) in [5, 5.41) is 0. The molecule has 0 aliphatic heterocycles. The van der Waals surface area contributed by atoms with Gasteiger partial charge in [-0.2, -0.15) is 0 Å². The van der Waals surface area contributed by atoms with E-state index in [-0.39, 0.29) is 17.8 Å². The van der Waals surface area contributed by atoms with Gasteiger partial charge in [-0.1, -0.05) is 29.3 Å². The molecule has 98 valence electrons. The summed E-state index contributed by atoms with van der Waals surface area (Å²) < 4.78 is 25.9. The highest BCUT2D eigenvalue weighted by molar-refractivity contribution is 5.97. The van der Waals surface area contributed by atoms with Crippen molar-refractivity contribution in [3.05, 3.63) is 70.3 Å². The summed E-state index contributed by atoms with van der Waals surface area (Å²) >= 11 is 0. The zero-order valence-electron chi connectivity index (χ0n) is 10.8. The van der Waals surface area contributed by atoms with Gasteiger partial charge >= 0.3 is 0 Å². The number of halogens is 2. The predicted molar refractivity (Wildman–Crippen MR) is 70.3 cm³/mol. The van der Waals surface area contributed by atoms with Crippen LogP contribution < -0.4 is 0 Å². The summed E-state index contributed by atoms with van der Waals surface area (Å²) in [6.07, 6.45) is 0.188. The molecule has 0 saturated carbocycles. The van der Waals surface area contributed by atoms with Crippen molar-refractivity contribution in [2.75, 3.05) is 0 Å². The van der Waals surface area contributed by atoms with E-state index in [0.29, 0.717) is 0 Å². The third-order valence-corrected chi connectivity index (χ3v) is 2.89. The third-order valence-electron chi connectivity index (χ3n) is 2.89. The van der Waals surface area contributed by atoms with Crippen molar-refractivity contribution in [3.63, 3.8) is 0 Å². The zero-order chi connectivity index (χ0) is 14.0. The molecule has 0 bridgehead atoms. The van der Waals surface area contributed by atoms with E-state index in [2.05, 4.69) is 0 Å². The number of Topliss-reactive ketones (excluding diaryl/α,β-unsaturated/α-hetero) is 1. The molecule has 2 aromatic rings. The minimum absolute atomic E-state index is 0.188. The fourth-order valence-electron chi connectivity index (χ4n) is 2.13. The third kappa shape index (κ3) is 3.25. The molecule has 2 aromatic carbocycles. The van der Waals surface area contributed by atoms with E-state index in [1.807, 2.05) is 32.0 Å². The molecule has 0 unspecified atom stereocenters. The summed E-state index contributed by atoms with van der Waals surface area (Å²) in [6.45, 7) is 3.91. The molecule has 19 heavy (non-hydrogen) atoms. The van der Waals surface area contributed by atoms with Gasteiger partial charge in [-0.25, -0.2) is 8.78 Å². The molecule has 1 nitrogen and oxygen atoms in total. The van der Waals surface area contributed by atoms with Crippen molar-refractivity contribution in [3.8, 4) is 0 Å². The standard InChI is InChI=1S/C16H14F2O/c1-10-5-11(2)7-12(6-10)8-16(19)13-3-4-14(17)15(18)9-13/h3-7,9H,8H2,1-2H3. The lowest BCUT2D eigenvalue weighted by Gasteiger charge is -2.05. The molecule has 2 rings (SSSR count). The number of rotatable bonds is 3. The number of aryl methyl sites for hydroxylation is 2. The number of carbonyl (C=O) groups is 1. The average molecular weight is 260 g/mol. The molecule has 0 heterocycles. The van der Waals surface area contributed by atoms with Crippen molar-refractivity contribution in [1.82, 2.24) is 0 Å². The largest absolute Gasteiger partial charge is 0.294 e. The number of hydrogen-bond donors (Lipinski definition) is 0. The topological polar surface area (TPSA) is 17.1 Å². The fraction of sp³-hybridized carbons (Fsp3) is 0.188. The Hall–Kier alpha value is -2.03. The van der Waals surface area contributed by atoms with Crippen LogP contribution >= 0.6 is 0 Å². The van der Waals surface area contributed by atoms with Gasteiger partial charge in [-0.3, -0.25) is 4.79 Å². The van der Waals surface area contributed by atoms with Crippen LogP contribution in [-0.4, -0.2) is 5.78 Å². The van der Waals surface area contributed by atoms with Crippen molar-refractivity contribution in [1.29, 1.82) is 0 Å². The molecule has 0 aromatic heterocycles. The molecule has 0 saturated heterocycles. The van der Waals surface area contributed by atoms with Crippen LogP contribution in [0.5, 0.6) is 0 Å². The van der Waals surface area contributed by atoms with Crippen LogP contribution in [0.3, 0.4) is 0 Å². The van der Waals surface area contributed by atoms with Crippen LogP contribution in [0.1, 0.15) is 27.0 Å². The summed E-state index contributed by atoms with van der Waals surface area (Å²) in [5.41, 5.74) is 3.23. The Labute approximate surface area is 110 Å². The van der Waals surface area contributed by atoms with Gasteiger partial charge in [0.25, 0.3) is 0 Å². The Balaban J connectivity index is 2.22. The van der Waals surface area contributed by atoms with Crippen LogP contribution in [-0.2, 0) is 6.42 Å². The van der Waals surface area contributed by atoms with E-state index in [9.17, 15) is 13.6 Å². The van der Waals surface area contributed by atoms with E-state index in [1.165, 1.54) is 6.07 Å². The maximum absolute atomic E-state index is 13.1. The quantitative estimate of drug-likeness (QED) is 0.762. The summed E-state index contributed by atoms with van der Waals surface area (Å²) in [6, 6.07) is 9.09. The van der Waals surface area contributed by atoms with Gasteiger partial charge in [-0.05, 0) is 37.6 Å². The number of hydrogen-bond acceptors (Lipinski definition) is 1. The molecule has 0 amide bonds. The molecular weight excluding hydrogens is 246 g/mol. The minimum Gasteiger partial charge on any atom is -0.294 e. The molecule has 0 fully saturated rings. The van der Waals surface area contributed by atoms with E-state index in [4.69, 9.17) is 0 Å². The maximum Gasteiger partial charge on any atom is 0.167 e. The van der Waals surface area contributed by atoms with Crippen LogP contribution in [0.4, 0.5) is 8.78 Å². The Morgan fingerprint density at radius 2 is 1.58 bits per heavy atom. The first-order valence-electron chi connectivity index (χ1n) is 6.01. The smallest absolute Gasteiger partial charge is 0.167 e. The van der Waals surface area contributed by atoms with Crippen molar-refractivity contribution in [2.45, 2.75) is 20.3 Å². The summed E-state index contributed by atoms with van der Waals surface area (Å²) in [7, 11) is 0. The maximum atomic E-state index is 13.1. The SMILES string of the molecule is Cc1cc(C)cc(CC(=O)c2ccc(F)c(F)c2)c1. The first-order valence-corrected chi connectivity index (χ1v) is 6.01. The van der Waals surface area contributed by atoms with E-state index >= 15 is 0 Å². The Morgan fingerprint density at radius 1 is 0.947 bits per heavy atom. The van der Waals surface area contributed by atoms with Gasteiger partial charge in [0, 0.05) is 12.0 Å². The van der Waals surface area contributed by atoms with Gasteiger partial charge in [0.05, 0.1) is 0 Å². The van der Waals surface area contributed by atoms with E-state index in [1.54, 1.807) is 0 Å². The average Bonchev–Trinajstić information content (AvgIpc) is 2.31. The fourth-order valence-corrected chi connectivity index (χ4v) is 2.13. The lowest BCUT2D eigenvalue weighted by Crippen LogP contribution is -2.05. The Kier molecular flexibility index (Phi) is 3.74. The first kappa shape index (κ1) is 13.4. The predicted octanol–water partition coefficient (Wildman–Crippen LogP) is 4.01. The molecule has 0 atom stereocenters. The number of carbonyl (C=O) groups excluding carboxylic acids is 1. The number of benzene rings is 2. The normalized spacial score (nSPS) is 10.5. The molecule has 0 spiro atoms. The molecule has 3 heteroatoms. The zero-order valence-corrected chi connectivity index (χ0v) is 10.8. The Morgan fingerprint density at radius 3 is 2.16 bits per heavy atom. The van der Waals surface area contributed by atoms with Crippen LogP contribution in [0.25, 0.3) is 0 Å². The lowest BCUT2D eigenvalue weighted by molar-refractivity contribution is 0.0992. The highest BCUT2D eigenvalue weighted by Crippen LogP contribution is 2.14. The van der Waals surface area contributed by atoms with Crippen molar-refractivity contribution < 1.29 is 13.6 Å². The second-order valence-corrected chi connectivity index (χ2v) is 4.72. The van der Waals surface area contributed by atoms with Crippen LogP contribution in [0.15, 0.2) is 36.4 Å². The second-order valence-electron chi connectivity index (χ2n) is 4.72. The monoisotopic (exact) mass is 260 g/mol. The van der Waals surface area contributed by atoms with Crippen LogP contribution in [0.2, 0.25) is 0 Å². The van der Waals surface area contributed by atoms with Gasteiger partial charge in [-0.15, -0.1) is 0 Å². The van der Waals surface area contributed by atoms with Gasteiger partial charge in [0.1, 0.15) is 0 Å². The van der Waals surface area contributed by atoms with E-state index < -0.39 is 11.6 Å². The molecule has 0 aliphatic rings. The summed E-state index contributed by atoms with van der Waals surface area (Å²) in [4.78, 5) is 12.0. The molecular formula is C16H14F2O. The van der Waals surface area contributed by atoms with Gasteiger partial charge < -0.3 is 0 Å². The second kappa shape index (κ2) is 5.31. The van der Waals surface area contributed by atoms with Gasteiger partial charge in [0.2, 0.25) is 0 Å². The Bertz CT molecular complexity index is 612. The summed E-state index contributed by atoms with van der Waals surface area (Å²) in [5.74, 6) is -2.15. The first-order chi connectivity index (χ1) is 8.95. The highest BCUT2D eigenvalue weighted by atomic mass is 19.2. The van der Waals surface area contributed by atoms with E-state index in [0.717, 1.165) is 28.8 Å². The minimum atomic E-state index is -0.994. The van der Waals surface area contributed by atoms with Crippen molar-refractivity contribution >= 4 is 5.78 Å². The highest BCUT2D eigenvalue weighted by Gasteiger charge is 2.11. The molecule has 0 radical (unpaired) electrons. The van der Waals surface area contributed by atoms with Gasteiger partial charge in [0.15, 0.2) is 17.4 Å². The lowest BCUT2D eigenvalue weighted by atomic mass is 9.99. The van der Waals surface area contributed by atoms with Crippen LogP contribution in [0, 0.1) is 25.5 Å². The molecule has 0 N–H and O–H groups in total.